The molecule has 0 unspecified atom stereocenters. The Bertz CT molecular complexity index is 1310. The van der Waals surface area contributed by atoms with Crippen molar-refractivity contribution in [1.82, 2.24) is 9.21 Å². The topological polar surface area (TPSA) is 79.0 Å². The standard InChI is InChI=1S/C28H31N3O4S/c1-3-18-35-26-9-5-8-25(20-26)29-28(32)24-7-4-6-23(19-24)21-30-14-16-31(17-15-30)36(33,34)27-12-10-22(2)11-13-27/h3-13,19-20H,1,14-18,21H2,2H3,(H,29,32). The molecular weight excluding hydrogens is 474 g/mol. The first-order valence-electron chi connectivity index (χ1n) is 11.9. The Morgan fingerprint density at radius 2 is 1.72 bits per heavy atom. The number of rotatable bonds is 9. The molecule has 1 fully saturated rings. The molecule has 1 saturated heterocycles. The van der Waals surface area contributed by atoms with Crippen molar-refractivity contribution >= 4 is 21.6 Å². The van der Waals surface area contributed by atoms with Crippen molar-refractivity contribution in [3.8, 4) is 5.75 Å². The largest absolute Gasteiger partial charge is 0.489 e. The van der Waals surface area contributed by atoms with Crippen molar-refractivity contribution < 1.29 is 17.9 Å². The minimum absolute atomic E-state index is 0.202. The van der Waals surface area contributed by atoms with Gasteiger partial charge in [-0.05, 0) is 48.9 Å². The number of hydrogen-bond acceptors (Lipinski definition) is 5. The molecule has 0 saturated carbocycles. The van der Waals surface area contributed by atoms with Crippen LogP contribution >= 0.6 is 0 Å². The third-order valence-electron chi connectivity index (χ3n) is 6.05. The smallest absolute Gasteiger partial charge is 0.255 e. The molecule has 0 atom stereocenters. The summed E-state index contributed by atoms with van der Waals surface area (Å²) in [4.78, 5) is 15.4. The second-order valence-electron chi connectivity index (χ2n) is 8.78. The predicted octanol–water partition coefficient (Wildman–Crippen LogP) is 4.32. The average Bonchev–Trinajstić information content (AvgIpc) is 2.88. The summed E-state index contributed by atoms with van der Waals surface area (Å²) >= 11 is 0. The first-order valence-corrected chi connectivity index (χ1v) is 13.3. The fourth-order valence-electron chi connectivity index (χ4n) is 4.08. The number of nitrogens with zero attached hydrogens (tertiary/aromatic N) is 2. The van der Waals surface area contributed by atoms with Crippen LogP contribution in [0.4, 0.5) is 5.69 Å². The van der Waals surface area contributed by atoms with E-state index in [1.54, 1.807) is 34.6 Å². The second kappa shape index (κ2) is 11.5. The number of aryl methyl sites for hydroxylation is 1. The number of nitrogens with one attached hydrogen (secondary N) is 1. The van der Waals surface area contributed by atoms with Gasteiger partial charge >= 0.3 is 0 Å². The molecule has 0 bridgehead atoms. The van der Waals surface area contributed by atoms with Crippen LogP contribution in [0, 0.1) is 6.92 Å². The lowest BCUT2D eigenvalue weighted by molar-refractivity contribution is 0.102. The highest BCUT2D eigenvalue weighted by Crippen LogP contribution is 2.21. The molecule has 1 aliphatic heterocycles. The molecule has 4 rings (SSSR count). The van der Waals surface area contributed by atoms with E-state index in [0.717, 1.165) is 11.1 Å². The highest BCUT2D eigenvalue weighted by atomic mass is 32.2. The number of carbonyl (C=O) groups excluding carboxylic acids is 1. The van der Waals surface area contributed by atoms with Gasteiger partial charge in [-0.2, -0.15) is 4.31 Å². The molecule has 8 heteroatoms. The zero-order valence-corrected chi connectivity index (χ0v) is 21.2. The first kappa shape index (κ1) is 25.6. The molecule has 7 nitrogen and oxygen atoms in total. The van der Waals surface area contributed by atoms with E-state index in [1.807, 2.05) is 55.5 Å². The molecule has 36 heavy (non-hydrogen) atoms. The summed E-state index contributed by atoms with van der Waals surface area (Å²) in [6.45, 7) is 8.72. The van der Waals surface area contributed by atoms with Crippen LogP contribution in [0.25, 0.3) is 0 Å². The first-order chi connectivity index (χ1) is 17.3. The number of hydrogen-bond donors (Lipinski definition) is 1. The molecule has 1 N–H and O–H groups in total. The Balaban J connectivity index is 1.34. The van der Waals surface area contributed by atoms with Crippen molar-refractivity contribution in [3.63, 3.8) is 0 Å². The van der Waals surface area contributed by atoms with Gasteiger partial charge in [-0.1, -0.05) is 48.6 Å². The van der Waals surface area contributed by atoms with Crippen LogP contribution in [0.1, 0.15) is 21.5 Å². The highest BCUT2D eigenvalue weighted by Gasteiger charge is 2.28. The summed E-state index contributed by atoms with van der Waals surface area (Å²) in [5.74, 6) is 0.455. The van der Waals surface area contributed by atoms with Crippen molar-refractivity contribution in [2.75, 3.05) is 38.1 Å². The summed E-state index contributed by atoms with van der Waals surface area (Å²) < 4.78 is 33.0. The monoisotopic (exact) mass is 505 g/mol. The number of ether oxygens (including phenoxy) is 1. The zero-order valence-electron chi connectivity index (χ0n) is 20.4. The van der Waals surface area contributed by atoms with Crippen molar-refractivity contribution in [2.24, 2.45) is 0 Å². The van der Waals surface area contributed by atoms with Gasteiger partial charge in [0.05, 0.1) is 4.90 Å². The number of amides is 1. The Hall–Kier alpha value is -3.46. The number of anilines is 1. The predicted molar refractivity (Wildman–Crippen MR) is 142 cm³/mol. The quantitative estimate of drug-likeness (QED) is 0.438. The van der Waals surface area contributed by atoms with E-state index >= 15 is 0 Å². The van der Waals surface area contributed by atoms with Crippen molar-refractivity contribution in [1.29, 1.82) is 0 Å². The van der Waals surface area contributed by atoms with Gasteiger partial charge in [0.2, 0.25) is 10.0 Å². The van der Waals surface area contributed by atoms with Crippen LogP contribution < -0.4 is 10.1 Å². The molecule has 0 radical (unpaired) electrons. The summed E-state index contributed by atoms with van der Waals surface area (Å²) in [5, 5.41) is 2.92. The number of benzene rings is 3. The lowest BCUT2D eigenvalue weighted by atomic mass is 10.1. The molecule has 3 aromatic rings. The molecule has 1 heterocycles. The van der Waals surface area contributed by atoms with Crippen molar-refractivity contribution in [3.05, 3.63) is 102 Å². The van der Waals surface area contributed by atoms with Crippen LogP contribution in [0.2, 0.25) is 0 Å². The zero-order chi connectivity index (χ0) is 25.5. The van der Waals surface area contributed by atoms with Crippen LogP contribution in [-0.2, 0) is 16.6 Å². The second-order valence-corrected chi connectivity index (χ2v) is 10.7. The van der Waals surface area contributed by atoms with Gasteiger partial charge < -0.3 is 10.1 Å². The van der Waals surface area contributed by atoms with Crippen LogP contribution in [0.3, 0.4) is 0 Å². The van der Waals surface area contributed by atoms with Gasteiger partial charge in [-0.3, -0.25) is 9.69 Å². The normalized spacial score (nSPS) is 14.8. The average molecular weight is 506 g/mol. The van der Waals surface area contributed by atoms with E-state index in [4.69, 9.17) is 4.74 Å². The molecule has 1 amide bonds. The van der Waals surface area contributed by atoms with Gasteiger partial charge in [0.15, 0.2) is 0 Å². The van der Waals surface area contributed by atoms with Gasteiger partial charge in [0.1, 0.15) is 12.4 Å². The van der Waals surface area contributed by atoms with Gasteiger partial charge in [-0.15, -0.1) is 0 Å². The van der Waals surface area contributed by atoms with Crippen molar-refractivity contribution in [2.45, 2.75) is 18.4 Å². The van der Waals surface area contributed by atoms with Crippen LogP contribution in [0.5, 0.6) is 5.75 Å². The molecule has 0 spiro atoms. The fourth-order valence-corrected chi connectivity index (χ4v) is 5.50. The Morgan fingerprint density at radius 3 is 2.44 bits per heavy atom. The minimum Gasteiger partial charge on any atom is -0.489 e. The number of piperazine rings is 1. The minimum atomic E-state index is -3.49. The summed E-state index contributed by atoms with van der Waals surface area (Å²) in [5.41, 5.74) is 3.24. The Kier molecular flexibility index (Phi) is 8.20. The maximum Gasteiger partial charge on any atom is 0.255 e. The molecule has 3 aromatic carbocycles. The van der Waals surface area contributed by atoms with E-state index in [9.17, 15) is 13.2 Å². The Morgan fingerprint density at radius 1 is 1.00 bits per heavy atom. The molecule has 188 valence electrons. The highest BCUT2D eigenvalue weighted by molar-refractivity contribution is 7.89. The lowest BCUT2D eigenvalue weighted by Gasteiger charge is -2.34. The van der Waals surface area contributed by atoms with Gasteiger partial charge in [0, 0.05) is 50.0 Å². The van der Waals surface area contributed by atoms with Gasteiger partial charge in [0.25, 0.3) is 5.91 Å². The summed E-state index contributed by atoms with van der Waals surface area (Å²) in [6.07, 6.45) is 1.67. The summed E-state index contributed by atoms with van der Waals surface area (Å²) in [7, 11) is -3.49. The lowest BCUT2D eigenvalue weighted by Crippen LogP contribution is -2.48. The Labute approximate surface area is 213 Å². The van der Waals surface area contributed by atoms with Crippen LogP contribution in [0.15, 0.2) is 90.3 Å². The fraction of sp³-hybridized carbons (Fsp3) is 0.250. The van der Waals surface area contributed by atoms with E-state index in [0.29, 0.717) is 61.2 Å². The third-order valence-corrected chi connectivity index (χ3v) is 7.96. The maximum absolute atomic E-state index is 13.0. The molecule has 0 aliphatic carbocycles. The van der Waals surface area contributed by atoms with Gasteiger partial charge in [-0.25, -0.2) is 8.42 Å². The van der Waals surface area contributed by atoms with E-state index in [1.165, 1.54) is 0 Å². The number of carbonyl (C=O) groups is 1. The summed E-state index contributed by atoms with van der Waals surface area (Å²) in [6, 6.07) is 21.7. The third kappa shape index (κ3) is 6.40. The van der Waals surface area contributed by atoms with E-state index < -0.39 is 10.0 Å². The molecular formula is C28H31N3O4S. The molecule has 1 aliphatic rings. The number of sulfonamides is 1. The SMILES string of the molecule is C=CCOc1cccc(NC(=O)c2cccc(CN3CCN(S(=O)(=O)c4ccc(C)cc4)CC3)c2)c1. The van der Waals surface area contributed by atoms with E-state index in [2.05, 4.69) is 16.8 Å². The molecule has 0 aromatic heterocycles. The van der Waals surface area contributed by atoms with Crippen LogP contribution in [-0.4, -0.2) is 56.3 Å². The maximum atomic E-state index is 13.0. The van der Waals surface area contributed by atoms with E-state index in [-0.39, 0.29) is 5.91 Å².